The van der Waals surface area contributed by atoms with E-state index in [1.165, 1.54) is 5.30 Å². The highest BCUT2D eigenvalue weighted by atomic mass is 31.1. The van der Waals surface area contributed by atoms with E-state index in [0.717, 1.165) is 55.6 Å². The van der Waals surface area contributed by atoms with Crippen LogP contribution in [0.2, 0.25) is 0 Å². The Bertz CT molecular complexity index is 2680. The number of benzene rings is 7. The highest BCUT2D eigenvalue weighted by Gasteiger charge is 2.18. The lowest BCUT2D eigenvalue weighted by atomic mass is 9.93. The molecule has 2 aromatic heterocycles. The quantitative estimate of drug-likeness (QED) is 0.137. The zero-order valence-electron chi connectivity index (χ0n) is 31.5. The normalized spacial score (nSPS) is 11.1. The Kier molecular flexibility index (Phi) is 10.0. The van der Waals surface area contributed by atoms with Crippen LogP contribution in [0.5, 0.6) is 0 Å². The number of hydrogen-bond donors (Lipinski definition) is 0. The van der Waals surface area contributed by atoms with Gasteiger partial charge in [-0.15, -0.1) is 0 Å². The van der Waals surface area contributed by atoms with E-state index in [4.69, 9.17) is 29.9 Å². The number of rotatable bonds is 9. The van der Waals surface area contributed by atoms with Crippen molar-refractivity contribution in [1.82, 2.24) is 29.9 Å². The summed E-state index contributed by atoms with van der Waals surface area (Å²) in [5.74, 6) is 3.69. The minimum absolute atomic E-state index is 0.225. The van der Waals surface area contributed by atoms with Gasteiger partial charge >= 0.3 is 0 Å². The minimum atomic E-state index is -0.225. The van der Waals surface area contributed by atoms with Crippen LogP contribution in [0.25, 0.3) is 90.6 Å². The summed E-state index contributed by atoms with van der Waals surface area (Å²) < 4.78 is 0. The molecular formula is C50H37N6P. The monoisotopic (exact) mass is 752 g/mol. The van der Waals surface area contributed by atoms with Crippen LogP contribution in [0, 0.1) is 0 Å². The summed E-state index contributed by atoms with van der Waals surface area (Å²) >= 11 is 0. The molecule has 272 valence electrons. The Hall–Kier alpha value is -7.01. The van der Waals surface area contributed by atoms with Gasteiger partial charge in [-0.25, -0.2) is 29.9 Å². The van der Waals surface area contributed by atoms with Crippen molar-refractivity contribution in [1.29, 1.82) is 0 Å². The van der Waals surface area contributed by atoms with Gasteiger partial charge in [0, 0.05) is 33.4 Å². The van der Waals surface area contributed by atoms with Gasteiger partial charge < -0.3 is 0 Å². The second kappa shape index (κ2) is 16.0. The van der Waals surface area contributed by atoms with E-state index >= 15 is 0 Å². The molecule has 0 saturated heterocycles. The standard InChI is InChI=1S/C50H37N6P/c1-57(2)42-29-26-34(27-30-42)43-31-28-40(33-44(43)50-55-47(37-20-11-5-12-21-37)52-48(56-50)38-22-13-6-14-23-38)39-24-15-25-41(32-39)49-53-45(35-16-7-3-8-17-35)51-46(54-49)36-18-9-4-10-19-36/h3-33H,1-2H3. The fourth-order valence-corrected chi connectivity index (χ4v) is 7.55. The van der Waals surface area contributed by atoms with Crippen LogP contribution in [0.4, 0.5) is 0 Å². The topological polar surface area (TPSA) is 77.3 Å². The highest BCUT2D eigenvalue weighted by Crippen LogP contribution is 2.37. The lowest BCUT2D eigenvalue weighted by Crippen LogP contribution is -2.02. The summed E-state index contributed by atoms with van der Waals surface area (Å²) in [4.78, 5) is 30.2. The maximum Gasteiger partial charge on any atom is 0.164 e. The molecule has 0 bridgehead atoms. The molecule has 0 fully saturated rings. The van der Waals surface area contributed by atoms with Crippen molar-refractivity contribution in [2.75, 3.05) is 13.3 Å². The molecule has 0 saturated carbocycles. The van der Waals surface area contributed by atoms with Crippen LogP contribution in [0.1, 0.15) is 0 Å². The fraction of sp³-hybridized carbons (Fsp3) is 0.0400. The van der Waals surface area contributed by atoms with Crippen molar-refractivity contribution < 1.29 is 0 Å². The molecule has 6 nitrogen and oxygen atoms in total. The Balaban J connectivity index is 1.21. The molecule has 0 spiro atoms. The summed E-state index contributed by atoms with van der Waals surface area (Å²) in [6.07, 6.45) is 0. The molecule has 0 aliphatic rings. The lowest BCUT2D eigenvalue weighted by Gasteiger charge is -2.15. The number of aromatic nitrogens is 6. The van der Waals surface area contributed by atoms with E-state index in [-0.39, 0.29) is 7.92 Å². The van der Waals surface area contributed by atoms with Gasteiger partial charge in [0.2, 0.25) is 0 Å². The van der Waals surface area contributed by atoms with Gasteiger partial charge in [0.15, 0.2) is 34.9 Å². The van der Waals surface area contributed by atoms with Crippen LogP contribution in [-0.4, -0.2) is 43.2 Å². The molecule has 0 atom stereocenters. The molecule has 0 amide bonds. The molecule has 7 heteroatoms. The van der Waals surface area contributed by atoms with Crippen LogP contribution < -0.4 is 5.30 Å². The largest absolute Gasteiger partial charge is 0.208 e. The van der Waals surface area contributed by atoms with Crippen molar-refractivity contribution in [2.24, 2.45) is 0 Å². The minimum Gasteiger partial charge on any atom is -0.208 e. The first kappa shape index (κ1) is 35.7. The van der Waals surface area contributed by atoms with Crippen LogP contribution >= 0.6 is 7.92 Å². The first-order valence-electron chi connectivity index (χ1n) is 18.8. The molecule has 57 heavy (non-hydrogen) atoms. The second-order valence-electron chi connectivity index (χ2n) is 13.9. The molecule has 0 unspecified atom stereocenters. The van der Waals surface area contributed by atoms with E-state index in [1.807, 2.05) is 121 Å². The van der Waals surface area contributed by atoms with Crippen molar-refractivity contribution in [3.63, 3.8) is 0 Å². The van der Waals surface area contributed by atoms with Gasteiger partial charge in [0.1, 0.15) is 0 Å². The summed E-state index contributed by atoms with van der Waals surface area (Å²) in [6.45, 7) is 4.56. The molecule has 7 aromatic carbocycles. The van der Waals surface area contributed by atoms with E-state index in [1.54, 1.807) is 0 Å². The van der Waals surface area contributed by atoms with E-state index in [9.17, 15) is 0 Å². The molecule has 0 aliphatic carbocycles. The van der Waals surface area contributed by atoms with Crippen molar-refractivity contribution >= 4 is 13.2 Å². The van der Waals surface area contributed by atoms with Crippen molar-refractivity contribution in [2.45, 2.75) is 0 Å². The molecule has 0 aliphatic heterocycles. The van der Waals surface area contributed by atoms with Gasteiger partial charge in [0.25, 0.3) is 0 Å². The SMILES string of the molecule is CP(C)c1ccc(-c2ccc(-c3cccc(-c4nc(-c5ccccc5)nc(-c5ccccc5)n4)c3)cc2-c2nc(-c3ccccc3)nc(-c3ccccc3)n2)cc1. The van der Waals surface area contributed by atoms with Crippen LogP contribution in [-0.2, 0) is 0 Å². The maximum atomic E-state index is 5.16. The number of hydrogen-bond acceptors (Lipinski definition) is 6. The van der Waals surface area contributed by atoms with Crippen LogP contribution in [0.3, 0.4) is 0 Å². The molecule has 9 rings (SSSR count). The van der Waals surface area contributed by atoms with Gasteiger partial charge in [0.05, 0.1) is 0 Å². The summed E-state index contributed by atoms with van der Waals surface area (Å²) in [7, 11) is -0.225. The molecule has 9 aromatic rings. The van der Waals surface area contributed by atoms with E-state index in [2.05, 4.69) is 80.1 Å². The predicted molar refractivity (Wildman–Crippen MR) is 235 cm³/mol. The van der Waals surface area contributed by atoms with Crippen molar-refractivity contribution in [3.8, 4) is 90.6 Å². The third kappa shape index (κ3) is 7.77. The van der Waals surface area contributed by atoms with Crippen LogP contribution in [0.15, 0.2) is 188 Å². The third-order valence-electron chi connectivity index (χ3n) is 9.81. The molecule has 0 N–H and O–H groups in total. The van der Waals surface area contributed by atoms with Crippen molar-refractivity contribution in [3.05, 3.63) is 188 Å². The Labute approximate surface area is 333 Å². The summed E-state index contributed by atoms with van der Waals surface area (Å²) in [5.41, 5.74) is 9.68. The van der Waals surface area contributed by atoms with Gasteiger partial charge in [-0.2, -0.15) is 0 Å². The first-order chi connectivity index (χ1) is 28.1. The highest BCUT2D eigenvalue weighted by molar-refractivity contribution is 7.64. The smallest absolute Gasteiger partial charge is 0.164 e. The van der Waals surface area contributed by atoms with Gasteiger partial charge in [-0.05, 0) is 53.0 Å². The molecular weight excluding hydrogens is 716 g/mol. The Morgan fingerprint density at radius 1 is 0.263 bits per heavy atom. The second-order valence-corrected chi connectivity index (χ2v) is 16.2. The summed E-state index contributed by atoms with van der Waals surface area (Å²) in [5, 5.41) is 1.35. The van der Waals surface area contributed by atoms with Gasteiger partial charge in [-0.3, -0.25) is 0 Å². The zero-order chi connectivity index (χ0) is 38.6. The third-order valence-corrected chi connectivity index (χ3v) is 11.1. The number of nitrogens with zero attached hydrogens (tertiary/aromatic N) is 6. The average molecular weight is 753 g/mol. The lowest BCUT2D eigenvalue weighted by molar-refractivity contribution is 1.07. The van der Waals surface area contributed by atoms with E-state index in [0.29, 0.717) is 34.9 Å². The maximum absolute atomic E-state index is 5.16. The molecule has 0 radical (unpaired) electrons. The Morgan fingerprint density at radius 3 is 1.05 bits per heavy atom. The average Bonchev–Trinajstić information content (AvgIpc) is 3.30. The fourth-order valence-electron chi connectivity index (χ4n) is 6.80. The predicted octanol–water partition coefficient (Wildman–Crippen LogP) is 11.8. The van der Waals surface area contributed by atoms with Gasteiger partial charge in [-0.1, -0.05) is 184 Å². The van der Waals surface area contributed by atoms with E-state index < -0.39 is 0 Å². The first-order valence-corrected chi connectivity index (χ1v) is 21.1. The summed E-state index contributed by atoms with van der Waals surface area (Å²) in [6, 6.07) is 64.1. The molecule has 2 heterocycles. The Morgan fingerprint density at radius 2 is 0.614 bits per heavy atom. The zero-order valence-corrected chi connectivity index (χ0v) is 32.4.